The molecular weight excluding hydrogens is 417 g/mol. The number of methoxy groups -OCH3 is 1. The van der Waals surface area contributed by atoms with Gasteiger partial charge in [-0.1, -0.05) is 36.4 Å². The molecule has 0 saturated carbocycles. The highest BCUT2D eigenvalue weighted by molar-refractivity contribution is 7.89. The van der Waals surface area contributed by atoms with Gasteiger partial charge in [0.1, 0.15) is 5.82 Å². The van der Waals surface area contributed by atoms with Crippen LogP contribution in [0, 0.1) is 5.82 Å². The van der Waals surface area contributed by atoms with E-state index in [0.29, 0.717) is 30.8 Å². The van der Waals surface area contributed by atoms with E-state index in [0.717, 1.165) is 21.9 Å². The average Bonchev–Trinajstić information content (AvgIpc) is 2.79. The SMILES string of the molecule is COC(=O)Cc1cc(C2CCN(S(=O)(=O)c3ccccc3)CC2)c2cc(F)ccc2c1. The molecule has 5 nitrogen and oxygen atoms in total. The van der Waals surface area contributed by atoms with Gasteiger partial charge in [-0.25, -0.2) is 12.8 Å². The first kappa shape index (κ1) is 21.5. The molecular formula is C24H24FNO4S. The number of sulfonamides is 1. The van der Waals surface area contributed by atoms with Gasteiger partial charge in [0.15, 0.2) is 0 Å². The van der Waals surface area contributed by atoms with Crippen LogP contribution in [0.25, 0.3) is 10.8 Å². The van der Waals surface area contributed by atoms with Crippen LogP contribution >= 0.6 is 0 Å². The van der Waals surface area contributed by atoms with Crippen molar-refractivity contribution < 1.29 is 22.3 Å². The molecule has 0 aromatic heterocycles. The maximum Gasteiger partial charge on any atom is 0.309 e. The van der Waals surface area contributed by atoms with Crippen LogP contribution in [0.1, 0.15) is 29.9 Å². The minimum Gasteiger partial charge on any atom is -0.469 e. The van der Waals surface area contributed by atoms with E-state index in [2.05, 4.69) is 0 Å². The van der Waals surface area contributed by atoms with Crippen LogP contribution < -0.4 is 0 Å². The van der Waals surface area contributed by atoms with Gasteiger partial charge in [0, 0.05) is 13.1 Å². The van der Waals surface area contributed by atoms with E-state index in [1.165, 1.54) is 23.5 Å². The second-order valence-corrected chi connectivity index (χ2v) is 9.73. The Kier molecular flexibility index (Phi) is 6.07. The van der Waals surface area contributed by atoms with Crippen LogP contribution in [-0.2, 0) is 26.0 Å². The third-order valence-corrected chi connectivity index (χ3v) is 7.77. The topological polar surface area (TPSA) is 63.7 Å². The van der Waals surface area contributed by atoms with Gasteiger partial charge in [0.05, 0.1) is 18.4 Å². The molecule has 1 saturated heterocycles. The highest BCUT2D eigenvalue weighted by Gasteiger charge is 2.30. The predicted molar refractivity (Wildman–Crippen MR) is 117 cm³/mol. The Morgan fingerprint density at radius 2 is 1.77 bits per heavy atom. The molecule has 0 N–H and O–H groups in total. The predicted octanol–water partition coefficient (Wildman–Crippen LogP) is 4.26. The summed E-state index contributed by atoms with van der Waals surface area (Å²) in [5, 5.41) is 1.66. The molecule has 7 heteroatoms. The van der Waals surface area contributed by atoms with Gasteiger partial charge in [-0.05, 0) is 64.9 Å². The van der Waals surface area contributed by atoms with Crippen molar-refractivity contribution in [2.75, 3.05) is 20.2 Å². The Bertz CT molecular complexity index is 1200. The number of nitrogens with zero attached hydrogens (tertiary/aromatic N) is 1. The molecule has 3 aromatic carbocycles. The van der Waals surface area contributed by atoms with E-state index in [-0.39, 0.29) is 24.1 Å². The largest absolute Gasteiger partial charge is 0.469 e. The third-order valence-electron chi connectivity index (χ3n) is 5.86. The second kappa shape index (κ2) is 8.77. The average molecular weight is 442 g/mol. The molecule has 1 aliphatic heterocycles. The van der Waals surface area contributed by atoms with Gasteiger partial charge in [0.25, 0.3) is 0 Å². The van der Waals surface area contributed by atoms with Crippen molar-refractivity contribution >= 4 is 26.8 Å². The van der Waals surface area contributed by atoms with E-state index in [4.69, 9.17) is 4.74 Å². The normalized spacial score (nSPS) is 15.8. The molecule has 0 atom stereocenters. The smallest absolute Gasteiger partial charge is 0.309 e. The summed E-state index contributed by atoms with van der Waals surface area (Å²) in [7, 11) is -2.18. The fourth-order valence-electron chi connectivity index (χ4n) is 4.25. The number of hydrogen-bond acceptors (Lipinski definition) is 4. The number of fused-ring (bicyclic) bond motifs is 1. The monoisotopic (exact) mass is 441 g/mol. The zero-order chi connectivity index (χ0) is 22.0. The number of esters is 1. The maximum atomic E-state index is 14.0. The van der Waals surface area contributed by atoms with Gasteiger partial charge < -0.3 is 4.74 Å². The van der Waals surface area contributed by atoms with E-state index in [9.17, 15) is 17.6 Å². The quantitative estimate of drug-likeness (QED) is 0.555. The van der Waals surface area contributed by atoms with E-state index >= 15 is 0 Å². The molecule has 162 valence electrons. The first-order chi connectivity index (χ1) is 14.9. The number of benzene rings is 3. The number of halogens is 1. The first-order valence-corrected chi connectivity index (χ1v) is 11.7. The Labute approximate surface area is 181 Å². The lowest BCUT2D eigenvalue weighted by atomic mass is 9.85. The summed E-state index contributed by atoms with van der Waals surface area (Å²) < 4.78 is 46.1. The summed E-state index contributed by atoms with van der Waals surface area (Å²) >= 11 is 0. The van der Waals surface area contributed by atoms with Crippen LogP contribution in [0.3, 0.4) is 0 Å². The van der Waals surface area contributed by atoms with Crippen molar-refractivity contribution in [3.8, 4) is 0 Å². The van der Waals surface area contributed by atoms with Crippen molar-refractivity contribution in [2.45, 2.75) is 30.1 Å². The zero-order valence-corrected chi connectivity index (χ0v) is 18.1. The standard InChI is InChI=1S/C24H24FNO4S/c1-30-24(27)15-17-13-19-7-8-20(25)16-23(19)22(14-17)18-9-11-26(12-10-18)31(28,29)21-5-3-2-4-6-21/h2-8,13-14,16,18H,9-12,15H2,1H3. The van der Waals surface area contributed by atoms with Crippen molar-refractivity contribution in [1.82, 2.24) is 4.31 Å². The molecule has 31 heavy (non-hydrogen) atoms. The number of piperidine rings is 1. The molecule has 4 rings (SSSR count). The van der Waals surface area contributed by atoms with Gasteiger partial charge in [-0.2, -0.15) is 4.31 Å². The molecule has 3 aromatic rings. The molecule has 0 amide bonds. The minimum absolute atomic E-state index is 0.0733. The van der Waals surface area contributed by atoms with Gasteiger partial charge in [0.2, 0.25) is 10.0 Å². The fraction of sp³-hybridized carbons (Fsp3) is 0.292. The van der Waals surface area contributed by atoms with Crippen molar-refractivity contribution in [1.29, 1.82) is 0 Å². The molecule has 0 radical (unpaired) electrons. The summed E-state index contributed by atoms with van der Waals surface area (Å²) in [6, 6.07) is 16.9. The Morgan fingerprint density at radius 3 is 2.45 bits per heavy atom. The lowest BCUT2D eigenvalue weighted by molar-refractivity contribution is -0.139. The highest BCUT2D eigenvalue weighted by Crippen LogP contribution is 2.36. The van der Waals surface area contributed by atoms with Crippen molar-refractivity contribution in [3.05, 3.63) is 77.6 Å². The van der Waals surface area contributed by atoms with Gasteiger partial charge in [-0.3, -0.25) is 4.79 Å². The first-order valence-electron chi connectivity index (χ1n) is 10.2. The van der Waals surface area contributed by atoms with Gasteiger partial charge in [-0.15, -0.1) is 0 Å². The summed E-state index contributed by atoms with van der Waals surface area (Å²) in [6.07, 6.45) is 1.39. The van der Waals surface area contributed by atoms with Gasteiger partial charge >= 0.3 is 5.97 Å². The second-order valence-electron chi connectivity index (χ2n) is 7.79. The van der Waals surface area contributed by atoms with Crippen LogP contribution in [0.2, 0.25) is 0 Å². The summed E-state index contributed by atoms with van der Waals surface area (Å²) in [4.78, 5) is 12.1. The lowest BCUT2D eigenvalue weighted by Gasteiger charge is -2.32. The Hall–Kier alpha value is -2.77. The third kappa shape index (κ3) is 4.48. The maximum absolute atomic E-state index is 14.0. The van der Waals surface area contributed by atoms with E-state index in [1.807, 2.05) is 12.1 Å². The molecule has 1 fully saturated rings. The summed E-state index contributed by atoms with van der Waals surface area (Å²) in [6.45, 7) is 0.778. The van der Waals surface area contributed by atoms with Crippen LogP contribution in [-0.4, -0.2) is 38.9 Å². The zero-order valence-electron chi connectivity index (χ0n) is 17.3. The molecule has 1 aliphatic rings. The fourth-order valence-corrected chi connectivity index (χ4v) is 5.74. The number of ether oxygens (including phenoxy) is 1. The number of carbonyl (C=O) groups is 1. The molecule has 1 heterocycles. The van der Waals surface area contributed by atoms with Crippen molar-refractivity contribution in [3.63, 3.8) is 0 Å². The van der Waals surface area contributed by atoms with E-state index < -0.39 is 10.0 Å². The number of hydrogen-bond donors (Lipinski definition) is 0. The lowest BCUT2D eigenvalue weighted by Crippen LogP contribution is -2.37. The van der Waals surface area contributed by atoms with E-state index in [1.54, 1.807) is 36.4 Å². The number of rotatable bonds is 5. The summed E-state index contributed by atoms with van der Waals surface area (Å²) in [5.41, 5.74) is 1.76. The van der Waals surface area contributed by atoms with Crippen LogP contribution in [0.5, 0.6) is 0 Å². The number of carbonyl (C=O) groups excluding carboxylic acids is 1. The van der Waals surface area contributed by atoms with Crippen molar-refractivity contribution in [2.24, 2.45) is 0 Å². The molecule has 0 aliphatic carbocycles. The Balaban J connectivity index is 1.62. The Morgan fingerprint density at radius 1 is 1.06 bits per heavy atom. The molecule has 0 unspecified atom stereocenters. The minimum atomic E-state index is -3.53. The highest BCUT2D eigenvalue weighted by atomic mass is 32.2. The summed E-state index contributed by atoms with van der Waals surface area (Å²) in [5.74, 6) is -0.584. The van der Waals surface area contributed by atoms with Crippen LogP contribution in [0.15, 0.2) is 65.6 Å². The molecule has 0 spiro atoms. The van der Waals surface area contributed by atoms with Crippen LogP contribution in [0.4, 0.5) is 4.39 Å². The molecule has 0 bridgehead atoms.